The highest BCUT2D eigenvalue weighted by Crippen LogP contribution is 2.41. The average Bonchev–Trinajstić information content (AvgIpc) is 3.23. The summed E-state index contributed by atoms with van der Waals surface area (Å²) >= 11 is 1.38. The summed E-state index contributed by atoms with van der Waals surface area (Å²) < 4.78 is 33.6. The van der Waals surface area contributed by atoms with Crippen molar-refractivity contribution in [2.45, 2.75) is 15.5 Å². The van der Waals surface area contributed by atoms with Gasteiger partial charge in [0.15, 0.2) is 0 Å². The van der Waals surface area contributed by atoms with Crippen LogP contribution in [0.25, 0.3) is 10.8 Å². The summed E-state index contributed by atoms with van der Waals surface area (Å²) in [5.41, 5.74) is 0.416. The molecule has 1 heterocycles. The lowest BCUT2D eigenvalue weighted by molar-refractivity contribution is 0.469. The summed E-state index contributed by atoms with van der Waals surface area (Å²) in [4.78, 5) is 0.748. The highest BCUT2D eigenvalue weighted by atomic mass is 32.2. The van der Waals surface area contributed by atoms with E-state index in [0.717, 1.165) is 5.76 Å². The van der Waals surface area contributed by atoms with Crippen LogP contribution in [0.15, 0.2) is 93.3 Å². The van der Waals surface area contributed by atoms with Gasteiger partial charge in [-0.3, -0.25) is 4.72 Å². The predicted octanol–water partition coefficient (Wildman–Crippen LogP) is 5.23. The Morgan fingerprint density at radius 1 is 0.929 bits per heavy atom. The maximum Gasteiger partial charge on any atom is 0.261 e. The zero-order valence-electron chi connectivity index (χ0n) is 14.7. The van der Waals surface area contributed by atoms with Crippen molar-refractivity contribution in [1.29, 1.82) is 0 Å². The number of phenolic OH excluding ortho intramolecular Hbond substituents is 1. The van der Waals surface area contributed by atoms with Gasteiger partial charge in [-0.1, -0.05) is 42.5 Å². The molecule has 0 spiro atoms. The van der Waals surface area contributed by atoms with Crippen LogP contribution in [0.5, 0.6) is 5.75 Å². The van der Waals surface area contributed by atoms with Gasteiger partial charge in [0.2, 0.25) is 0 Å². The van der Waals surface area contributed by atoms with Crippen LogP contribution in [0.3, 0.4) is 0 Å². The second-order valence-electron chi connectivity index (χ2n) is 6.10. The standard InChI is InChI=1S/C21H17NO4S2/c23-21-18-11-5-4-10-17(18)19(13-20(21)27-14-15-7-6-12-26-15)22-28(24,25)16-8-2-1-3-9-16/h1-13,22-23H,14H2. The number of benzene rings is 3. The fraction of sp³-hybridized carbons (Fsp3) is 0.0476. The van der Waals surface area contributed by atoms with Crippen molar-refractivity contribution in [3.05, 3.63) is 84.8 Å². The monoisotopic (exact) mass is 411 g/mol. The van der Waals surface area contributed by atoms with Crippen LogP contribution in [0.2, 0.25) is 0 Å². The molecular formula is C21H17NO4S2. The first-order valence-electron chi connectivity index (χ1n) is 8.52. The zero-order chi connectivity index (χ0) is 19.6. The van der Waals surface area contributed by atoms with Gasteiger partial charge in [-0.25, -0.2) is 8.42 Å². The summed E-state index contributed by atoms with van der Waals surface area (Å²) in [5.74, 6) is 1.41. The number of anilines is 1. The summed E-state index contributed by atoms with van der Waals surface area (Å²) in [5, 5.41) is 11.9. The molecule has 28 heavy (non-hydrogen) atoms. The lowest BCUT2D eigenvalue weighted by atomic mass is 10.1. The Bertz CT molecular complexity index is 1200. The molecule has 7 heteroatoms. The van der Waals surface area contributed by atoms with Crippen LogP contribution in [0.4, 0.5) is 5.69 Å². The zero-order valence-corrected chi connectivity index (χ0v) is 16.3. The number of aromatic hydroxyl groups is 1. The van der Waals surface area contributed by atoms with Crippen LogP contribution < -0.4 is 4.72 Å². The summed E-state index contributed by atoms with van der Waals surface area (Å²) in [7, 11) is -3.75. The molecule has 0 atom stereocenters. The maximum atomic E-state index is 12.8. The minimum absolute atomic E-state index is 0.120. The van der Waals surface area contributed by atoms with Gasteiger partial charge in [-0.2, -0.15) is 0 Å². The first-order chi connectivity index (χ1) is 13.5. The lowest BCUT2D eigenvalue weighted by Gasteiger charge is -2.14. The normalized spacial score (nSPS) is 11.6. The molecule has 4 rings (SSSR count). The summed E-state index contributed by atoms with van der Waals surface area (Å²) in [6, 6.07) is 20.7. The molecule has 5 nitrogen and oxygen atoms in total. The van der Waals surface area contributed by atoms with E-state index in [0.29, 0.717) is 27.1 Å². The molecule has 4 aromatic rings. The number of nitrogens with one attached hydrogen (secondary N) is 1. The van der Waals surface area contributed by atoms with Crippen molar-refractivity contribution in [1.82, 2.24) is 0 Å². The number of furan rings is 1. The molecule has 0 radical (unpaired) electrons. The Balaban J connectivity index is 1.75. The lowest BCUT2D eigenvalue weighted by Crippen LogP contribution is -2.13. The maximum absolute atomic E-state index is 12.8. The molecule has 1 aromatic heterocycles. The number of hydrogen-bond donors (Lipinski definition) is 2. The third kappa shape index (κ3) is 3.72. The number of thioether (sulfide) groups is 1. The molecule has 2 N–H and O–H groups in total. The average molecular weight is 412 g/mol. The van der Waals surface area contributed by atoms with Gasteiger partial charge >= 0.3 is 0 Å². The first kappa shape index (κ1) is 18.5. The fourth-order valence-corrected chi connectivity index (χ4v) is 4.88. The minimum Gasteiger partial charge on any atom is -0.506 e. The van der Waals surface area contributed by atoms with E-state index < -0.39 is 10.0 Å². The molecule has 3 aromatic carbocycles. The second kappa shape index (κ2) is 7.61. The molecule has 0 saturated carbocycles. The number of hydrogen-bond acceptors (Lipinski definition) is 5. The van der Waals surface area contributed by atoms with Crippen LogP contribution in [-0.2, 0) is 15.8 Å². The molecule has 142 valence electrons. The topological polar surface area (TPSA) is 79.5 Å². The Morgan fingerprint density at radius 2 is 1.64 bits per heavy atom. The predicted molar refractivity (Wildman–Crippen MR) is 111 cm³/mol. The number of rotatable bonds is 6. The van der Waals surface area contributed by atoms with Gasteiger partial charge in [0.1, 0.15) is 11.5 Å². The van der Waals surface area contributed by atoms with Crippen LogP contribution >= 0.6 is 11.8 Å². The fourth-order valence-electron chi connectivity index (χ4n) is 2.88. The van der Waals surface area contributed by atoms with Gasteiger partial charge in [0, 0.05) is 10.8 Å². The highest BCUT2D eigenvalue weighted by Gasteiger charge is 2.18. The van der Waals surface area contributed by atoms with Crippen molar-refractivity contribution in [3.63, 3.8) is 0 Å². The molecule has 0 bridgehead atoms. The Kier molecular flexibility index (Phi) is 5.02. The van der Waals surface area contributed by atoms with Crippen molar-refractivity contribution < 1.29 is 17.9 Å². The summed E-state index contributed by atoms with van der Waals surface area (Å²) in [6.07, 6.45) is 1.59. The van der Waals surface area contributed by atoms with Gasteiger partial charge in [0.25, 0.3) is 10.0 Å². The molecule has 0 unspecified atom stereocenters. The summed E-state index contributed by atoms with van der Waals surface area (Å²) in [6.45, 7) is 0. The largest absolute Gasteiger partial charge is 0.506 e. The molecule has 0 aliphatic rings. The van der Waals surface area contributed by atoms with E-state index in [9.17, 15) is 13.5 Å². The van der Waals surface area contributed by atoms with Crippen molar-refractivity contribution in [2.75, 3.05) is 4.72 Å². The third-order valence-corrected chi connectivity index (χ3v) is 6.66. The van der Waals surface area contributed by atoms with Gasteiger partial charge in [0.05, 0.1) is 27.5 Å². The smallest absolute Gasteiger partial charge is 0.261 e. The Labute approximate surface area is 167 Å². The quantitative estimate of drug-likeness (QED) is 0.335. The van der Waals surface area contributed by atoms with Gasteiger partial charge in [-0.15, -0.1) is 11.8 Å². The molecule has 0 aliphatic heterocycles. The van der Waals surface area contributed by atoms with E-state index in [4.69, 9.17) is 4.42 Å². The van der Waals surface area contributed by atoms with E-state index in [-0.39, 0.29) is 10.6 Å². The molecule has 0 amide bonds. The van der Waals surface area contributed by atoms with Crippen molar-refractivity contribution >= 4 is 38.2 Å². The van der Waals surface area contributed by atoms with E-state index >= 15 is 0 Å². The van der Waals surface area contributed by atoms with Crippen molar-refractivity contribution in [2.24, 2.45) is 0 Å². The Hall–Kier alpha value is -2.90. The van der Waals surface area contributed by atoms with Crippen LogP contribution in [-0.4, -0.2) is 13.5 Å². The minimum atomic E-state index is -3.75. The number of sulfonamides is 1. The molecular weight excluding hydrogens is 394 g/mol. The first-order valence-corrected chi connectivity index (χ1v) is 11.0. The number of phenols is 1. The van der Waals surface area contributed by atoms with Gasteiger partial charge < -0.3 is 9.52 Å². The van der Waals surface area contributed by atoms with E-state index in [1.807, 2.05) is 6.07 Å². The number of fused-ring (bicyclic) bond motifs is 1. The second-order valence-corrected chi connectivity index (χ2v) is 8.80. The highest BCUT2D eigenvalue weighted by molar-refractivity contribution is 7.98. The van der Waals surface area contributed by atoms with Gasteiger partial charge in [-0.05, 0) is 30.3 Å². The van der Waals surface area contributed by atoms with E-state index in [2.05, 4.69) is 4.72 Å². The Morgan fingerprint density at radius 3 is 2.36 bits per heavy atom. The van der Waals surface area contributed by atoms with Crippen molar-refractivity contribution in [3.8, 4) is 5.75 Å². The third-order valence-electron chi connectivity index (χ3n) is 4.23. The molecule has 0 fully saturated rings. The molecule has 0 aliphatic carbocycles. The van der Waals surface area contributed by atoms with E-state index in [1.54, 1.807) is 60.9 Å². The van der Waals surface area contributed by atoms with E-state index in [1.165, 1.54) is 23.9 Å². The van der Waals surface area contributed by atoms with Crippen LogP contribution in [0.1, 0.15) is 5.76 Å². The SMILES string of the molecule is O=S(=O)(Nc1cc(SCc2ccco2)c(O)c2ccccc12)c1ccccc1. The molecule has 0 saturated heterocycles. The van der Waals surface area contributed by atoms with Crippen LogP contribution in [0, 0.1) is 0 Å².